The highest BCUT2D eigenvalue weighted by Crippen LogP contribution is 2.29. The van der Waals surface area contributed by atoms with Crippen LogP contribution in [0.1, 0.15) is 17.5 Å². The van der Waals surface area contributed by atoms with Gasteiger partial charge in [-0.2, -0.15) is 0 Å². The maximum absolute atomic E-state index is 12.6. The average Bonchev–Trinajstić information content (AvgIpc) is 2.51. The fourth-order valence-electron chi connectivity index (χ4n) is 2.81. The van der Waals surface area contributed by atoms with Gasteiger partial charge in [0.15, 0.2) is 0 Å². The quantitative estimate of drug-likeness (QED) is 0.885. The summed E-state index contributed by atoms with van der Waals surface area (Å²) in [4.78, 5) is 12.6. The lowest BCUT2D eigenvalue weighted by atomic mass is 10.0. The molecule has 1 aliphatic rings. The highest BCUT2D eigenvalue weighted by atomic mass is 35.5. The number of hydrogen-bond donors (Lipinski definition) is 1. The van der Waals surface area contributed by atoms with Crippen molar-refractivity contribution in [3.05, 3.63) is 39.7 Å². The smallest absolute Gasteiger partial charge is 0.258 e. The van der Waals surface area contributed by atoms with Gasteiger partial charge in [-0.1, -0.05) is 12.1 Å². The number of hydrogen-bond acceptors (Lipinski definition) is 3. The highest BCUT2D eigenvalue weighted by molar-refractivity contribution is 6.17. The fourth-order valence-corrected chi connectivity index (χ4v) is 2.97. The third-order valence-electron chi connectivity index (χ3n) is 3.75. The van der Waals surface area contributed by atoms with Gasteiger partial charge in [-0.15, -0.1) is 11.6 Å². The Hall–Kier alpha value is -1.52. The van der Waals surface area contributed by atoms with Crippen molar-refractivity contribution >= 4 is 28.2 Å². The number of rotatable bonds is 3. The van der Waals surface area contributed by atoms with Crippen LogP contribution in [0.25, 0.3) is 10.9 Å². The van der Waals surface area contributed by atoms with Gasteiger partial charge in [0.1, 0.15) is 6.73 Å². The summed E-state index contributed by atoms with van der Waals surface area (Å²) >= 11 is 5.91. The number of methoxy groups -OCH3 is 1. The number of benzene rings is 1. The number of nitrogens with one attached hydrogen (secondary N) is 1. The first kappa shape index (κ1) is 13.5. The van der Waals surface area contributed by atoms with Crippen LogP contribution in [0.5, 0.6) is 0 Å². The number of aromatic nitrogens is 1. The molecule has 4 nitrogen and oxygen atoms in total. The Labute approximate surface area is 122 Å². The van der Waals surface area contributed by atoms with Crippen molar-refractivity contribution < 1.29 is 4.74 Å². The Morgan fingerprint density at radius 1 is 1.45 bits per heavy atom. The molecule has 1 aromatic carbocycles. The minimum Gasteiger partial charge on any atom is -0.384 e. The van der Waals surface area contributed by atoms with Gasteiger partial charge in [0.05, 0.1) is 11.2 Å². The molecule has 0 atom stereocenters. The number of anilines is 1. The Morgan fingerprint density at radius 2 is 2.30 bits per heavy atom. The van der Waals surface area contributed by atoms with E-state index in [0.29, 0.717) is 5.88 Å². The van der Waals surface area contributed by atoms with E-state index >= 15 is 0 Å². The molecule has 0 saturated heterocycles. The minimum atomic E-state index is 0.0354. The average molecular weight is 293 g/mol. The topological polar surface area (TPSA) is 43.3 Å². The van der Waals surface area contributed by atoms with Gasteiger partial charge in [-0.25, -0.2) is 0 Å². The summed E-state index contributed by atoms with van der Waals surface area (Å²) in [5.41, 5.74) is 3.75. The van der Waals surface area contributed by atoms with Crippen molar-refractivity contribution in [3.63, 3.8) is 0 Å². The zero-order valence-electron chi connectivity index (χ0n) is 11.4. The summed E-state index contributed by atoms with van der Waals surface area (Å²) in [5.74, 6) is 0.432. The Bertz CT molecular complexity index is 709. The zero-order chi connectivity index (χ0) is 14.1. The normalized spacial score (nSPS) is 14.1. The first-order valence-corrected chi connectivity index (χ1v) is 7.26. The Balaban J connectivity index is 2.37. The van der Waals surface area contributed by atoms with Crippen molar-refractivity contribution in [3.8, 4) is 0 Å². The van der Waals surface area contributed by atoms with Crippen molar-refractivity contribution in [2.45, 2.75) is 25.5 Å². The van der Waals surface area contributed by atoms with Crippen LogP contribution < -0.4 is 10.9 Å². The molecule has 20 heavy (non-hydrogen) atoms. The van der Waals surface area contributed by atoms with E-state index in [1.54, 1.807) is 11.7 Å². The molecule has 0 amide bonds. The lowest BCUT2D eigenvalue weighted by Gasteiger charge is -2.22. The number of alkyl halides is 1. The third-order valence-corrected chi connectivity index (χ3v) is 4.05. The summed E-state index contributed by atoms with van der Waals surface area (Å²) in [6.45, 7) is 1.17. The molecule has 0 fully saturated rings. The lowest BCUT2D eigenvalue weighted by molar-refractivity contribution is 0.131. The fraction of sp³-hybridized carbons (Fsp3) is 0.400. The molecule has 0 unspecified atom stereocenters. The molecule has 1 aromatic heterocycles. The van der Waals surface area contributed by atoms with Gasteiger partial charge in [-0.3, -0.25) is 9.36 Å². The van der Waals surface area contributed by atoms with Gasteiger partial charge >= 0.3 is 0 Å². The molecular weight excluding hydrogens is 276 g/mol. The highest BCUT2D eigenvalue weighted by Gasteiger charge is 2.19. The molecule has 0 radical (unpaired) electrons. The van der Waals surface area contributed by atoms with E-state index in [-0.39, 0.29) is 12.3 Å². The summed E-state index contributed by atoms with van der Waals surface area (Å²) in [6, 6.07) is 6.02. The molecule has 0 bridgehead atoms. The Morgan fingerprint density at radius 3 is 3.05 bits per heavy atom. The molecule has 2 aromatic rings. The number of ether oxygens (including phenoxy) is 1. The maximum Gasteiger partial charge on any atom is 0.258 e. The minimum absolute atomic E-state index is 0.0354. The van der Waals surface area contributed by atoms with Crippen molar-refractivity contribution in [1.29, 1.82) is 0 Å². The third kappa shape index (κ3) is 2.09. The lowest BCUT2D eigenvalue weighted by Crippen LogP contribution is -2.29. The summed E-state index contributed by atoms with van der Waals surface area (Å²) in [5, 5.41) is 4.43. The van der Waals surface area contributed by atoms with Crippen molar-refractivity contribution in [2.24, 2.45) is 0 Å². The SMILES string of the molecule is COCn1c(=O)c2c(c3ccc(CCl)cc31)NCCC2. The molecule has 5 heteroatoms. The Kier molecular flexibility index (Phi) is 3.68. The predicted octanol–water partition coefficient (Wildman–Crippen LogP) is 2.70. The van der Waals surface area contributed by atoms with Crippen LogP contribution in [-0.2, 0) is 23.8 Å². The predicted molar refractivity (Wildman–Crippen MR) is 81.6 cm³/mol. The van der Waals surface area contributed by atoms with Crippen LogP contribution in [0.2, 0.25) is 0 Å². The van der Waals surface area contributed by atoms with Gasteiger partial charge in [0, 0.05) is 30.5 Å². The van der Waals surface area contributed by atoms with E-state index in [9.17, 15) is 4.79 Å². The van der Waals surface area contributed by atoms with Gasteiger partial charge in [0.25, 0.3) is 5.56 Å². The molecule has 106 valence electrons. The molecule has 1 N–H and O–H groups in total. The summed E-state index contributed by atoms with van der Waals surface area (Å²) < 4.78 is 6.88. The monoisotopic (exact) mass is 292 g/mol. The first-order valence-electron chi connectivity index (χ1n) is 6.73. The molecule has 1 aliphatic heterocycles. The van der Waals surface area contributed by atoms with E-state index in [4.69, 9.17) is 16.3 Å². The van der Waals surface area contributed by atoms with Crippen LogP contribution in [0.4, 0.5) is 5.69 Å². The molecule has 2 heterocycles. The standard InChI is InChI=1S/C15H17ClN2O2/c1-20-9-18-13-7-10(8-16)4-5-11(13)14-12(15(18)19)3-2-6-17-14/h4-5,7,17H,2-3,6,8-9H2,1H3. The summed E-state index contributed by atoms with van der Waals surface area (Å²) in [7, 11) is 1.60. The van der Waals surface area contributed by atoms with E-state index in [2.05, 4.69) is 5.32 Å². The van der Waals surface area contributed by atoms with E-state index < -0.39 is 0 Å². The molecular formula is C15H17ClN2O2. The maximum atomic E-state index is 12.6. The molecule has 0 aliphatic carbocycles. The number of pyridine rings is 1. The van der Waals surface area contributed by atoms with Crippen molar-refractivity contribution in [2.75, 3.05) is 19.0 Å². The van der Waals surface area contributed by atoms with Gasteiger partial charge in [-0.05, 0) is 24.5 Å². The molecule has 3 rings (SSSR count). The van der Waals surface area contributed by atoms with Crippen LogP contribution in [-0.4, -0.2) is 18.2 Å². The van der Waals surface area contributed by atoms with E-state index in [1.165, 1.54) is 0 Å². The summed E-state index contributed by atoms with van der Waals surface area (Å²) in [6.07, 6.45) is 1.80. The second-order valence-corrected chi connectivity index (χ2v) is 5.29. The van der Waals surface area contributed by atoms with Crippen LogP contribution in [0, 0.1) is 0 Å². The number of nitrogens with zero attached hydrogens (tertiary/aromatic N) is 1. The van der Waals surface area contributed by atoms with Gasteiger partial charge < -0.3 is 10.1 Å². The molecule has 0 saturated carbocycles. The van der Waals surface area contributed by atoms with Crippen LogP contribution in [0.3, 0.4) is 0 Å². The van der Waals surface area contributed by atoms with Crippen LogP contribution >= 0.6 is 11.6 Å². The van der Waals surface area contributed by atoms with Crippen LogP contribution in [0.15, 0.2) is 23.0 Å². The second kappa shape index (κ2) is 5.46. The number of halogens is 1. The van der Waals surface area contributed by atoms with E-state index in [1.807, 2.05) is 18.2 Å². The zero-order valence-corrected chi connectivity index (χ0v) is 12.2. The first-order chi connectivity index (χ1) is 9.76. The number of fused-ring (bicyclic) bond motifs is 3. The van der Waals surface area contributed by atoms with Gasteiger partial charge in [0.2, 0.25) is 0 Å². The van der Waals surface area contributed by atoms with Crippen molar-refractivity contribution in [1.82, 2.24) is 4.57 Å². The van der Waals surface area contributed by atoms with E-state index in [0.717, 1.165) is 47.1 Å². The largest absolute Gasteiger partial charge is 0.384 e. The second-order valence-electron chi connectivity index (χ2n) is 5.02. The molecule has 0 spiro atoms.